The van der Waals surface area contributed by atoms with Crippen molar-refractivity contribution in [3.05, 3.63) is 29.8 Å². The van der Waals surface area contributed by atoms with Crippen LogP contribution in [0.2, 0.25) is 0 Å². The molecule has 2 rings (SSSR count). The highest BCUT2D eigenvalue weighted by molar-refractivity contribution is 5.29. The van der Waals surface area contributed by atoms with Gasteiger partial charge in [-0.2, -0.15) is 0 Å². The summed E-state index contributed by atoms with van der Waals surface area (Å²) < 4.78 is 11.5. The van der Waals surface area contributed by atoms with Crippen molar-refractivity contribution in [1.82, 2.24) is 0 Å². The Morgan fingerprint density at radius 2 is 1.94 bits per heavy atom. The van der Waals surface area contributed by atoms with Crippen LogP contribution >= 0.6 is 0 Å². The third kappa shape index (κ3) is 2.85. The van der Waals surface area contributed by atoms with Crippen molar-refractivity contribution < 1.29 is 9.47 Å². The number of benzene rings is 1. The van der Waals surface area contributed by atoms with E-state index >= 15 is 0 Å². The van der Waals surface area contributed by atoms with Gasteiger partial charge in [0.1, 0.15) is 18.0 Å². The zero-order valence-electron chi connectivity index (χ0n) is 11.4. The summed E-state index contributed by atoms with van der Waals surface area (Å²) in [5, 5.41) is 0. The van der Waals surface area contributed by atoms with Crippen molar-refractivity contribution >= 4 is 0 Å². The van der Waals surface area contributed by atoms with Gasteiger partial charge in [-0.15, -0.1) is 0 Å². The van der Waals surface area contributed by atoms with Gasteiger partial charge in [-0.1, -0.05) is 26.0 Å². The van der Waals surface area contributed by atoms with Crippen LogP contribution in [-0.4, -0.2) is 24.9 Å². The summed E-state index contributed by atoms with van der Waals surface area (Å²) in [5.74, 6) is 1.45. The molecule has 0 bridgehead atoms. The molecule has 1 aliphatic carbocycles. The van der Waals surface area contributed by atoms with Crippen molar-refractivity contribution in [2.24, 2.45) is 5.73 Å². The molecule has 1 saturated carbocycles. The predicted octanol–water partition coefficient (Wildman–Crippen LogP) is 2.69. The van der Waals surface area contributed by atoms with Crippen LogP contribution in [0.15, 0.2) is 24.3 Å². The summed E-state index contributed by atoms with van der Waals surface area (Å²) in [6.45, 7) is 7.04. The second-order valence-corrected chi connectivity index (χ2v) is 5.20. The molecule has 18 heavy (non-hydrogen) atoms. The Morgan fingerprint density at radius 1 is 1.28 bits per heavy atom. The fourth-order valence-electron chi connectivity index (χ4n) is 2.26. The molecule has 100 valence electrons. The summed E-state index contributed by atoms with van der Waals surface area (Å²) in [5.41, 5.74) is 7.24. The van der Waals surface area contributed by atoms with Crippen LogP contribution in [0.25, 0.3) is 0 Å². The van der Waals surface area contributed by atoms with E-state index in [0.29, 0.717) is 12.5 Å². The molecule has 3 atom stereocenters. The van der Waals surface area contributed by atoms with E-state index in [2.05, 4.69) is 26.0 Å². The van der Waals surface area contributed by atoms with Gasteiger partial charge in [0, 0.05) is 19.1 Å². The fraction of sp³-hybridized carbons (Fsp3) is 0.600. The van der Waals surface area contributed by atoms with Gasteiger partial charge in [0.15, 0.2) is 0 Å². The second kappa shape index (κ2) is 5.72. The Hall–Kier alpha value is -1.06. The summed E-state index contributed by atoms with van der Waals surface area (Å²) in [7, 11) is 0. The normalized spacial score (nSPS) is 27.1. The van der Waals surface area contributed by atoms with Gasteiger partial charge in [0.2, 0.25) is 0 Å². The highest BCUT2D eigenvalue weighted by Gasteiger charge is 2.41. The highest BCUT2D eigenvalue weighted by Crippen LogP contribution is 2.28. The fourth-order valence-corrected chi connectivity index (χ4v) is 2.26. The largest absolute Gasteiger partial charge is 0.488 e. The Bertz CT molecular complexity index is 375. The molecule has 0 radical (unpaired) electrons. The third-order valence-electron chi connectivity index (χ3n) is 3.49. The van der Waals surface area contributed by atoms with E-state index in [4.69, 9.17) is 15.2 Å². The highest BCUT2D eigenvalue weighted by atomic mass is 16.5. The minimum atomic E-state index is 0.0415. The molecule has 0 amide bonds. The zero-order valence-corrected chi connectivity index (χ0v) is 11.4. The van der Waals surface area contributed by atoms with Crippen LogP contribution in [0.4, 0.5) is 0 Å². The van der Waals surface area contributed by atoms with E-state index in [-0.39, 0.29) is 18.2 Å². The average molecular weight is 249 g/mol. The number of ether oxygens (including phenoxy) is 2. The van der Waals surface area contributed by atoms with Crippen molar-refractivity contribution in [3.63, 3.8) is 0 Å². The van der Waals surface area contributed by atoms with Gasteiger partial charge >= 0.3 is 0 Å². The van der Waals surface area contributed by atoms with Gasteiger partial charge in [0.25, 0.3) is 0 Å². The standard InChI is InChI=1S/C15H23NO2/c1-4-17-15-13(16)9-14(15)18-12-7-5-11(6-8-12)10(2)3/h5-8,10,13-15H,4,9,16H2,1-3H3. The Kier molecular flexibility index (Phi) is 4.25. The monoisotopic (exact) mass is 249 g/mol. The van der Waals surface area contributed by atoms with E-state index in [1.54, 1.807) is 0 Å². The molecule has 0 saturated heterocycles. The lowest BCUT2D eigenvalue weighted by molar-refractivity contribution is -0.0945. The quantitative estimate of drug-likeness (QED) is 0.872. The minimum Gasteiger partial charge on any atom is -0.488 e. The molecule has 3 nitrogen and oxygen atoms in total. The second-order valence-electron chi connectivity index (χ2n) is 5.20. The summed E-state index contributed by atoms with van der Waals surface area (Å²) in [6.07, 6.45) is 1.01. The van der Waals surface area contributed by atoms with Crippen molar-refractivity contribution in [1.29, 1.82) is 0 Å². The average Bonchev–Trinajstić information content (AvgIpc) is 2.36. The smallest absolute Gasteiger partial charge is 0.128 e. The molecular formula is C15H23NO2. The van der Waals surface area contributed by atoms with Gasteiger partial charge in [0.05, 0.1) is 0 Å². The van der Waals surface area contributed by atoms with Crippen molar-refractivity contribution in [3.8, 4) is 5.75 Å². The van der Waals surface area contributed by atoms with Crippen LogP contribution in [0, 0.1) is 0 Å². The van der Waals surface area contributed by atoms with Gasteiger partial charge < -0.3 is 15.2 Å². The van der Waals surface area contributed by atoms with Crippen molar-refractivity contribution in [2.75, 3.05) is 6.61 Å². The van der Waals surface area contributed by atoms with Gasteiger partial charge in [-0.05, 0) is 30.5 Å². The molecule has 1 fully saturated rings. The maximum Gasteiger partial charge on any atom is 0.128 e. The molecule has 0 spiro atoms. The maximum absolute atomic E-state index is 5.92. The molecule has 1 aromatic carbocycles. The first kappa shape index (κ1) is 13.4. The van der Waals surface area contributed by atoms with E-state index in [9.17, 15) is 0 Å². The molecule has 3 unspecified atom stereocenters. The molecule has 1 aliphatic rings. The minimum absolute atomic E-state index is 0.0415. The summed E-state index contributed by atoms with van der Waals surface area (Å²) >= 11 is 0. The molecule has 0 aliphatic heterocycles. The maximum atomic E-state index is 5.92. The Labute approximate surface area is 109 Å². The Morgan fingerprint density at radius 3 is 2.44 bits per heavy atom. The molecule has 1 aromatic rings. The first-order chi connectivity index (χ1) is 8.61. The SMILES string of the molecule is CCOC1C(N)CC1Oc1ccc(C(C)C)cc1. The molecule has 0 aromatic heterocycles. The molecule has 2 N–H and O–H groups in total. The number of rotatable bonds is 5. The van der Waals surface area contributed by atoms with Crippen LogP contribution in [0.5, 0.6) is 5.75 Å². The van der Waals surface area contributed by atoms with Crippen LogP contribution in [0.3, 0.4) is 0 Å². The van der Waals surface area contributed by atoms with Crippen LogP contribution in [0.1, 0.15) is 38.7 Å². The number of nitrogens with two attached hydrogens (primary N) is 1. The van der Waals surface area contributed by atoms with Gasteiger partial charge in [-0.25, -0.2) is 0 Å². The van der Waals surface area contributed by atoms with E-state index in [0.717, 1.165) is 12.2 Å². The van der Waals surface area contributed by atoms with Gasteiger partial charge in [-0.3, -0.25) is 0 Å². The summed E-state index contributed by atoms with van der Waals surface area (Å²) in [4.78, 5) is 0. The lowest BCUT2D eigenvalue weighted by atomic mass is 9.86. The number of hydrogen-bond acceptors (Lipinski definition) is 3. The van der Waals surface area contributed by atoms with Crippen molar-refractivity contribution in [2.45, 2.75) is 51.4 Å². The van der Waals surface area contributed by atoms with E-state index in [1.807, 2.05) is 19.1 Å². The molecule has 3 heteroatoms. The third-order valence-corrected chi connectivity index (χ3v) is 3.49. The van der Waals surface area contributed by atoms with Crippen LogP contribution < -0.4 is 10.5 Å². The zero-order chi connectivity index (χ0) is 13.1. The first-order valence-electron chi connectivity index (χ1n) is 6.75. The number of hydrogen-bond donors (Lipinski definition) is 1. The summed E-state index contributed by atoms with van der Waals surface area (Å²) in [6, 6.07) is 8.41. The predicted molar refractivity (Wildman–Crippen MR) is 73.0 cm³/mol. The van der Waals surface area contributed by atoms with E-state index < -0.39 is 0 Å². The lowest BCUT2D eigenvalue weighted by Gasteiger charge is -2.41. The first-order valence-corrected chi connectivity index (χ1v) is 6.75. The molecule has 0 heterocycles. The van der Waals surface area contributed by atoms with E-state index in [1.165, 1.54) is 5.56 Å². The lowest BCUT2D eigenvalue weighted by Crippen LogP contribution is -2.59. The Balaban J connectivity index is 1.93. The van der Waals surface area contributed by atoms with Crippen LogP contribution in [-0.2, 0) is 4.74 Å². The molecular weight excluding hydrogens is 226 g/mol. The topological polar surface area (TPSA) is 44.5 Å².